The summed E-state index contributed by atoms with van der Waals surface area (Å²) in [5.41, 5.74) is 4.26. The molecule has 0 aliphatic heterocycles. The minimum Gasteiger partial charge on any atom is -0.563 e. The second-order valence-electron chi connectivity index (χ2n) is 0.144. The minimum atomic E-state index is 1.50. The summed E-state index contributed by atoms with van der Waals surface area (Å²) in [6.45, 7) is 0. The number of quaternary nitrogens is 1. The first-order chi connectivity index (χ1) is 2.41. The van der Waals surface area contributed by atoms with Crippen LogP contribution in [0.4, 0.5) is 0 Å². The topological polar surface area (TPSA) is 77.5 Å². The lowest BCUT2D eigenvalue weighted by Gasteiger charge is -1.66. The molecule has 0 saturated heterocycles. The lowest BCUT2D eigenvalue weighted by atomic mass is 11.4. The molecule has 0 saturated carbocycles. The molecule has 0 unspecified atom stereocenters. The van der Waals surface area contributed by atoms with Gasteiger partial charge in [-0.25, -0.2) is 0 Å². The van der Waals surface area contributed by atoms with E-state index in [1.54, 1.807) is 0 Å². The van der Waals surface area contributed by atoms with Crippen LogP contribution < -0.4 is 10.9 Å². The zero-order valence-corrected chi connectivity index (χ0v) is 3.63. The molecule has 3 nitrogen and oxygen atoms in total. The number of hydrogen-bond donors (Lipinski definition) is 4. The summed E-state index contributed by atoms with van der Waals surface area (Å²) in [7, 11) is 0. The van der Waals surface area contributed by atoms with Gasteiger partial charge >= 0.3 is 0 Å². The zero-order valence-electron chi connectivity index (χ0n) is 2.73. The van der Waals surface area contributed by atoms with Crippen LogP contribution in [-0.4, -0.2) is 6.34 Å². The molecule has 0 fully saturated rings. The van der Waals surface area contributed by atoms with Crippen molar-refractivity contribution in [1.82, 2.24) is 0 Å². The maximum atomic E-state index is 5.74. The zero-order chi connectivity index (χ0) is 4.71. The predicted molar refractivity (Wildman–Crippen MR) is 23.8 cm³/mol. The maximum Gasteiger partial charge on any atom is 0.0527 e. The first kappa shape index (κ1) is 8.84. The molecule has 0 spiro atoms. The van der Waals surface area contributed by atoms with Gasteiger partial charge in [0.1, 0.15) is 0 Å². The van der Waals surface area contributed by atoms with Gasteiger partial charge in [0.05, 0.1) is 12.8 Å². The lowest BCUT2D eigenvalue weighted by Crippen LogP contribution is -2.29. The molecule has 0 radical (unpaired) electrons. The first-order valence-electron chi connectivity index (χ1n) is 0.855. The highest BCUT2D eigenvalue weighted by atomic mass is 32.1. The van der Waals surface area contributed by atoms with Crippen molar-refractivity contribution >= 4 is 19.2 Å². The standard InChI is InChI=1S/CH3N2.H3NS/c2-1-3;1-2/h(H3,2,3);2H,1H2/q-1;/p+1. The lowest BCUT2D eigenvalue weighted by molar-refractivity contribution is -0.130. The van der Waals surface area contributed by atoms with Crippen molar-refractivity contribution in [2.24, 2.45) is 5.73 Å². The average Bonchev–Trinajstić information content (AvgIpc) is 1.46. The van der Waals surface area contributed by atoms with Gasteiger partial charge in [-0.05, 0) is 0 Å². The van der Waals surface area contributed by atoms with E-state index < -0.39 is 0 Å². The molecule has 0 aliphatic carbocycles. The Morgan fingerprint density at radius 3 is 1.80 bits per heavy atom. The van der Waals surface area contributed by atoms with Gasteiger partial charge in [0.15, 0.2) is 0 Å². The molecule has 0 atom stereocenters. The van der Waals surface area contributed by atoms with E-state index in [0.717, 1.165) is 0 Å². The Labute approximate surface area is 36.4 Å². The van der Waals surface area contributed by atoms with Crippen molar-refractivity contribution in [1.29, 1.82) is 5.41 Å². The Balaban J connectivity index is 0. The van der Waals surface area contributed by atoms with Gasteiger partial charge in [0, 0.05) is 0 Å². The Bertz CT molecular complexity index is 14.4. The molecule has 0 amide bonds. The monoisotopic (exact) mass is 93.0 g/mol. The van der Waals surface area contributed by atoms with Crippen LogP contribution in [0.3, 0.4) is 0 Å². The van der Waals surface area contributed by atoms with E-state index in [-0.39, 0.29) is 0 Å². The molecule has 5 heavy (non-hydrogen) atoms. The highest BCUT2D eigenvalue weighted by molar-refractivity contribution is 7.72. The van der Waals surface area contributed by atoms with Crippen molar-refractivity contribution < 1.29 is 5.14 Å². The Kier molecular flexibility index (Phi) is 84.9. The van der Waals surface area contributed by atoms with Crippen molar-refractivity contribution in [3.8, 4) is 0 Å². The van der Waals surface area contributed by atoms with E-state index in [9.17, 15) is 0 Å². The van der Waals surface area contributed by atoms with Crippen LogP contribution in [0.1, 0.15) is 0 Å². The molecular weight excluding hydrogens is 86.1 g/mol. The summed E-state index contributed by atoms with van der Waals surface area (Å²) in [6.07, 6.45) is 1.50. The van der Waals surface area contributed by atoms with Gasteiger partial charge in [0.2, 0.25) is 0 Å². The molecule has 0 aromatic carbocycles. The van der Waals surface area contributed by atoms with Gasteiger partial charge in [0.25, 0.3) is 0 Å². The highest BCUT2D eigenvalue weighted by Gasteiger charge is 0.892. The van der Waals surface area contributed by atoms with Gasteiger partial charge in [-0.1, -0.05) is 0 Å². The number of nitrogens with one attached hydrogen (secondary N) is 1. The number of nitrogens with two attached hydrogens (primary N) is 1. The van der Waals surface area contributed by atoms with Crippen molar-refractivity contribution in [3.05, 3.63) is 0 Å². The van der Waals surface area contributed by atoms with Crippen LogP contribution in [0.2, 0.25) is 0 Å². The van der Waals surface area contributed by atoms with Crippen LogP contribution in [-0.2, 0) is 0 Å². The summed E-state index contributed by atoms with van der Waals surface area (Å²) in [6, 6.07) is 0. The third-order valence-corrected chi connectivity index (χ3v) is 0. The second-order valence-corrected chi connectivity index (χ2v) is 0.144. The number of rotatable bonds is 0. The smallest absolute Gasteiger partial charge is 0.0527 e. The molecule has 0 aromatic rings. The summed E-state index contributed by atoms with van der Waals surface area (Å²) in [5, 5.41) is 8.68. The largest absolute Gasteiger partial charge is 0.563 e. The third kappa shape index (κ3) is 247. The fourth-order valence-corrected chi connectivity index (χ4v) is 0. The second kappa shape index (κ2) is 48.0. The van der Waals surface area contributed by atoms with E-state index in [2.05, 4.69) is 23.7 Å². The SMILES string of the molecule is N=[C-]N.[NH3+]S. The quantitative estimate of drug-likeness (QED) is 0.0950. The van der Waals surface area contributed by atoms with E-state index in [1.165, 1.54) is 6.34 Å². The molecule has 4 heteroatoms. The summed E-state index contributed by atoms with van der Waals surface area (Å²) in [5.74, 6) is 0. The molecule has 0 heterocycles. The summed E-state index contributed by atoms with van der Waals surface area (Å²) >= 11 is 3.28. The normalized spacial score (nSPS) is 3.60. The van der Waals surface area contributed by atoms with Gasteiger partial charge in [-0.2, -0.15) is 0 Å². The molecule has 6 N–H and O–H groups in total. The van der Waals surface area contributed by atoms with Crippen LogP contribution >= 0.6 is 12.8 Å². The Morgan fingerprint density at radius 2 is 1.80 bits per heavy atom. The average molecular weight is 93.2 g/mol. The Morgan fingerprint density at radius 1 is 1.80 bits per heavy atom. The van der Waals surface area contributed by atoms with E-state index in [1.807, 2.05) is 0 Å². The molecular formula is CH7N3S. The molecule has 0 aliphatic rings. The van der Waals surface area contributed by atoms with Gasteiger partial charge in [-0.3, -0.25) is 5.14 Å². The van der Waals surface area contributed by atoms with Crippen LogP contribution in [0.5, 0.6) is 0 Å². The molecule has 0 bridgehead atoms. The van der Waals surface area contributed by atoms with Crippen molar-refractivity contribution in [2.45, 2.75) is 0 Å². The summed E-state index contributed by atoms with van der Waals surface area (Å²) < 4.78 is 0. The summed E-state index contributed by atoms with van der Waals surface area (Å²) in [4.78, 5) is 0. The van der Waals surface area contributed by atoms with E-state index in [0.29, 0.717) is 0 Å². The predicted octanol–water partition coefficient (Wildman–Crippen LogP) is -1.50. The minimum absolute atomic E-state index is 1.50. The Hall–Kier alpha value is -0.220. The van der Waals surface area contributed by atoms with E-state index in [4.69, 9.17) is 5.41 Å². The van der Waals surface area contributed by atoms with Crippen molar-refractivity contribution in [3.63, 3.8) is 0 Å². The van der Waals surface area contributed by atoms with Crippen LogP contribution in [0, 0.1) is 5.41 Å². The fourth-order valence-electron chi connectivity index (χ4n) is 0. The van der Waals surface area contributed by atoms with Crippen LogP contribution in [0.15, 0.2) is 0 Å². The maximum absolute atomic E-state index is 5.74. The van der Waals surface area contributed by atoms with Crippen molar-refractivity contribution in [2.75, 3.05) is 0 Å². The van der Waals surface area contributed by atoms with Gasteiger partial charge in [-0.15, -0.1) is 0 Å². The van der Waals surface area contributed by atoms with Crippen LogP contribution in [0.25, 0.3) is 0 Å². The fraction of sp³-hybridized carbons (Fsp3) is 0. The number of hydrogen-bond acceptors (Lipinski definition) is 2. The molecule has 0 aromatic heterocycles. The number of thiol groups is 1. The first-order valence-corrected chi connectivity index (χ1v) is 1.49. The third-order valence-electron chi connectivity index (χ3n) is 0. The van der Waals surface area contributed by atoms with Gasteiger partial charge < -0.3 is 17.5 Å². The molecule has 32 valence electrons. The molecule has 0 rings (SSSR count). The van der Waals surface area contributed by atoms with E-state index >= 15 is 0 Å². The highest BCUT2D eigenvalue weighted by Crippen LogP contribution is 0.989.